The fourth-order valence-electron chi connectivity index (χ4n) is 7.17. The number of hydrogen-bond donors (Lipinski definition) is 1. The molecule has 0 amide bonds. The maximum atomic E-state index is 16.6. The molecule has 40 heavy (non-hydrogen) atoms. The number of anilines is 1. The van der Waals surface area contributed by atoms with Gasteiger partial charge in [0, 0.05) is 47.3 Å². The standard InChI is InChI=1S/C31H34ClFN6O/c1-19-16-38(17-20(2)35-19)29-23-15-34-27(22-9-3-7-21-8-4-10-24(32)25(21)22)26(33)28(23)36-30(37-29)40-18-31-11-5-13-39(31)14-6-12-31/h3-4,7-10,15,19-20,35H,5-6,11-14,16-18H2,1-2H3/t19-,20+. The number of hydrogen-bond acceptors (Lipinski definition) is 7. The number of pyridine rings is 1. The Bertz CT molecular complexity index is 1570. The minimum Gasteiger partial charge on any atom is -0.461 e. The second-order valence-electron chi connectivity index (χ2n) is 11.7. The predicted molar refractivity (Wildman–Crippen MR) is 158 cm³/mol. The van der Waals surface area contributed by atoms with E-state index in [4.69, 9.17) is 21.3 Å². The van der Waals surface area contributed by atoms with Gasteiger partial charge < -0.3 is 15.0 Å². The molecule has 7 rings (SSSR count). The monoisotopic (exact) mass is 560 g/mol. The fourth-order valence-corrected chi connectivity index (χ4v) is 7.45. The maximum Gasteiger partial charge on any atom is 0.319 e. The molecular formula is C31H34ClFN6O. The number of nitrogens with one attached hydrogen (secondary N) is 1. The SMILES string of the molecule is C[C@@H]1CN(c2nc(OCC34CCCN3CCC4)nc3c(F)c(-c4cccc5cccc(Cl)c45)ncc23)C[C@H](C)N1. The predicted octanol–water partition coefficient (Wildman–Crippen LogP) is 5.83. The highest BCUT2D eigenvalue weighted by Gasteiger charge is 2.45. The highest BCUT2D eigenvalue weighted by atomic mass is 35.5. The molecule has 208 valence electrons. The number of piperazine rings is 1. The van der Waals surface area contributed by atoms with Crippen LogP contribution in [0.4, 0.5) is 10.2 Å². The topological polar surface area (TPSA) is 66.4 Å². The van der Waals surface area contributed by atoms with E-state index in [2.05, 4.69) is 38.9 Å². The van der Waals surface area contributed by atoms with Gasteiger partial charge in [-0.25, -0.2) is 4.39 Å². The first-order valence-corrected chi connectivity index (χ1v) is 14.7. The average molecular weight is 561 g/mol. The van der Waals surface area contributed by atoms with Crippen LogP contribution in [0.1, 0.15) is 39.5 Å². The summed E-state index contributed by atoms with van der Waals surface area (Å²) in [4.78, 5) is 19.0. The molecule has 7 nitrogen and oxygen atoms in total. The number of benzene rings is 2. The van der Waals surface area contributed by atoms with Gasteiger partial charge in [0.2, 0.25) is 0 Å². The molecule has 2 aromatic carbocycles. The lowest BCUT2D eigenvalue weighted by atomic mass is 9.95. The van der Waals surface area contributed by atoms with Gasteiger partial charge in [-0.2, -0.15) is 9.97 Å². The highest BCUT2D eigenvalue weighted by Crippen LogP contribution is 2.40. The molecule has 5 heterocycles. The van der Waals surface area contributed by atoms with Crippen LogP contribution in [-0.4, -0.2) is 70.3 Å². The Morgan fingerprint density at radius 3 is 2.52 bits per heavy atom. The van der Waals surface area contributed by atoms with Crippen LogP contribution >= 0.6 is 11.6 Å². The van der Waals surface area contributed by atoms with Gasteiger partial charge in [-0.15, -0.1) is 0 Å². The average Bonchev–Trinajstić information content (AvgIpc) is 3.52. The third-order valence-corrected chi connectivity index (χ3v) is 9.21. The Kier molecular flexibility index (Phi) is 6.52. The normalized spacial score (nSPS) is 22.8. The second-order valence-corrected chi connectivity index (χ2v) is 12.1. The zero-order chi connectivity index (χ0) is 27.4. The number of aromatic nitrogens is 3. The molecule has 0 aliphatic carbocycles. The van der Waals surface area contributed by atoms with Crippen molar-refractivity contribution < 1.29 is 9.13 Å². The van der Waals surface area contributed by atoms with E-state index in [9.17, 15) is 0 Å². The van der Waals surface area contributed by atoms with Crippen LogP contribution in [-0.2, 0) is 0 Å². The van der Waals surface area contributed by atoms with E-state index in [1.807, 2.05) is 36.4 Å². The molecule has 0 saturated carbocycles. The first-order valence-electron chi connectivity index (χ1n) is 14.3. The maximum absolute atomic E-state index is 16.6. The lowest BCUT2D eigenvalue weighted by molar-refractivity contribution is 0.108. The molecule has 3 aliphatic heterocycles. The molecule has 0 bridgehead atoms. The number of fused-ring (bicyclic) bond motifs is 3. The van der Waals surface area contributed by atoms with E-state index in [0.717, 1.165) is 49.8 Å². The number of nitrogens with zero attached hydrogens (tertiary/aromatic N) is 5. The molecule has 0 unspecified atom stereocenters. The molecule has 3 saturated heterocycles. The second kappa shape index (κ2) is 10.1. The lowest BCUT2D eigenvalue weighted by Gasteiger charge is -2.37. The van der Waals surface area contributed by atoms with E-state index in [1.54, 1.807) is 6.20 Å². The Morgan fingerprint density at radius 1 is 1.05 bits per heavy atom. The summed E-state index contributed by atoms with van der Waals surface area (Å²) in [5, 5.41) is 6.42. The minimum atomic E-state index is -0.490. The summed E-state index contributed by atoms with van der Waals surface area (Å²) in [6.45, 7) is 8.54. The molecule has 0 spiro atoms. The Balaban J connectivity index is 1.36. The van der Waals surface area contributed by atoms with Gasteiger partial charge in [0.1, 0.15) is 23.6 Å². The number of rotatable bonds is 5. The fraction of sp³-hybridized carbons (Fsp3) is 0.452. The van der Waals surface area contributed by atoms with Crippen molar-refractivity contribution in [1.82, 2.24) is 25.2 Å². The van der Waals surface area contributed by atoms with Gasteiger partial charge in [0.25, 0.3) is 0 Å². The summed E-state index contributed by atoms with van der Waals surface area (Å²) in [5.74, 6) is 0.178. The van der Waals surface area contributed by atoms with Gasteiger partial charge in [0.05, 0.1) is 10.9 Å². The van der Waals surface area contributed by atoms with Crippen molar-refractivity contribution in [3.8, 4) is 17.3 Å². The van der Waals surface area contributed by atoms with Gasteiger partial charge in [-0.05, 0) is 64.1 Å². The summed E-state index contributed by atoms with van der Waals surface area (Å²) in [5.41, 5.74) is 1.12. The van der Waals surface area contributed by atoms with Crippen molar-refractivity contribution in [3.05, 3.63) is 53.4 Å². The molecule has 3 fully saturated rings. The van der Waals surface area contributed by atoms with Gasteiger partial charge >= 0.3 is 6.01 Å². The molecule has 0 radical (unpaired) electrons. The Morgan fingerprint density at radius 2 is 1.77 bits per heavy atom. The third-order valence-electron chi connectivity index (χ3n) is 8.89. The number of ether oxygens (including phenoxy) is 1. The van der Waals surface area contributed by atoms with Crippen molar-refractivity contribution in [3.63, 3.8) is 0 Å². The minimum absolute atomic E-state index is 0.0399. The van der Waals surface area contributed by atoms with Gasteiger partial charge in [-0.3, -0.25) is 9.88 Å². The first kappa shape index (κ1) is 25.9. The summed E-state index contributed by atoms with van der Waals surface area (Å²) in [6.07, 6.45) is 6.30. The van der Waals surface area contributed by atoms with E-state index < -0.39 is 5.82 Å². The summed E-state index contributed by atoms with van der Waals surface area (Å²) < 4.78 is 22.9. The zero-order valence-electron chi connectivity index (χ0n) is 23.0. The van der Waals surface area contributed by atoms with E-state index in [1.165, 1.54) is 12.8 Å². The Labute approximate surface area is 238 Å². The third kappa shape index (κ3) is 4.37. The van der Waals surface area contributed by atoms with Gasteiger partial charge in [0.15, 0.2) is 5.82 Å². The van der Waals surface area contributed by atoms with Crippen LogP contribution in [0.3, 0.4) is 0 Å². The molecule has 9 heteroatoms. The van der Waals surface area contributed by atoms with Crippen LogP contribution in [0.25, 0.3) is 32.9 Å². The quantitative estimate of drug-likeness (QED) is 0.329. The van der Waals surface area contributed by atoms with Crippen LogP contribution < -0.4 is 15.0 Å². The lowest BCUT2D eigenvalue weighted by Crippen LogP contribution is -2.54. The Hall–Kier alpha value is -3.07. The van der Waals surface area contributed by atoms with E-state index in [0.29, 0.717) is 28.4 Å². The molecule has 2 atom stereocenters. The van der Waals surface area contributed by atoms with Crippen molar-refractivity contribution >= 4 is 39.1 Å². The van der Waals surface area contributed by atoms with E-state index in [-0.39, 0.29) is 34.8 Å². The molecule has 1 N–H and O–H groups in total. The summed E-state index contributed by atoms with van der Waals surface area (Å²) in [7, 11) is 0. The zero-order valence-corrected chi connectivity index (χ0v) is 23.7. The first-order chi connectivity index (χ1) is 19.4. The summed E-state index contributed by atoms with van der Waals surface area (Å²) in [6, 6.07) is 12.2. The van der Waals surface area contributed by atoms with Crippen molar-refractivity contribution in [2.75, 3.05) is 37.7 Å². The van der Waals surface area contributed by atoms with Crippen LogP contribution in [0.5, 0.6) is 6.01 Å². The smallest absolute Gasteiger partial charge is 0.319 e. The summed E-state index contributed by atoms with van der Waals surface area (Å²) >= 11 is 6.60. The largest absolute Gasteiger partial charge is 0.461 e. The highest BCUT2D eigenvalue weighted by molar-refractivity contribution is 6.36. The van der Waals surface area contributed by atoms with Crippen molar-refractivity contribution in [2.24, 2.45) is 0 Å². The van der Waals surface area contributed by atoms with Crippen molar-refractivity contribution in [1.29, 1.82) is 0 Å². The number of halogens is 2. The van der Waals surface area contributed by atoms with Crippen LogP contribution in [0, 0.1) is 5.82 Å². The molecule has 4 aromatic rings. The molecular weight excluding hydrogens is 527 g/mol. The van der Waals surface area contributed by atoms with Crippen LogP contribution in [0.15, 0.2) is 42.6 Å². The van der Waals surface area contributed by atoms with Crippen molar-refractivity contribution in [2.45, 2.75) is 57.2 Å². The van der Waals surface area contributed by atoms with Crippen LogP contribution in [0.2, 0.25) is 5.02 Å². The molecule has 3 aliphatic rings. The van der Waals surface area contributed by atoms with E-state index >= 15 is 4.39 Å². The molecule has 2 aromatic heterocycles. The van der Waals surface area contributed by atoms with Gasteiger partial charge in [-0.1, -0.05) is 41.9 Å².